The van der Waals surface area contributed by atoms with E-state index in [1.54, 1.807) is 0 Å². The lowest BCUT2D eigenvalue weighted by Crippen LogP contribution is -1.85. The molecule has 14 heavy (non-hydrogen) atoms. The summed E-state index contributed by atoms with van der Waals surface area (Å²) in [5.41, 5.74) is 2.29. The van der Waals surface area contributed by atoms with Gasteiger partial charge in [-0.2, -0.15) is 0 Å². The molecule has 2 aliphatic rings. The first kappa shape index (κ1) is 7.74. The quantitative estimate of drug-likeness (QED) is 0.686. The largest absolute Gasteiger partial charge is 0.289 e. The van der Waals surface area contributed by atoms with Crippen LogP contribution in [-0.2, 0) is 0 Å². The molecule has 68 valence electrons. The second-order valence-corrected chi connectivity index (χ2v) is 3.75. The number of rotatable bonds is 2. The highest BCUT2D eigenvalue weighted by Gasteiger charge is 2.31. The smallest absolute Gasteiger partial charge is 0.187 e. The van der Waals surface area contributed by atoms with E-state index in [1.807, 2.05) is 24.3 Å². The fourth-order valence-electron chi connectivity index (χ4n) is 2.11. The Labute approximate surface area is 82.4 Å². The molecule has 0 radical (unpaired) electrons. The van der Waals surface area contributed by atoms with Gasteiger partial charge in [0.2, 0.25) is 0 Å². The molecule has 0 unspecified atom stereocenters. The molecule has 0 saturated carbocycles. The summed E-state index contributed by atoms with van der Waals surface area (Å²) in [6.07, 6.45) is 16.3. The molecule has 1 nitrogen and oxygen atoms in total. The summed E-state index contributed by atoms with van der Waals surface area (Å²) >= 11 is 0. The molecule has 3 rings (SSSR count). The summed E-state index contributed by atoms with van der Waals surface area (Å²) in [7, 11) is 0. The third-order valence-corrected chi connectivity index (χ3v) is 2.88. The van der Waals surface area contributed by atoms with Crippen molar-refractivity contribution in [2.45, 2.75) is 11.8 Å². The van der Waals surface area contributed by atoms with Crippen LogP contribution >= 0.6 is 0 Å². The predicted octanol–water partition coefficient (Wildman–Crippen LogP) is 2.34. The summed E-state index contributed by atoms with van der Waals surface area (Å²) in [6.45, 7) is 0. The van der Waals surface area contributed by atoms with Gasteiger partial charge in [-0.3, -0.25) is 4.79 Å². The molecule has 0 saturated heterocycles. The lowest BCUT2D eigenvalue weighted by Gasteiger charge is -1.98. The molecule has 0 atom stereocenters. The summed E-state index contributed by atoms with van der Waals surface area (Å²) in [5.74, 6) is 0.500. The highest BCUT2D eigenvalue weighted by Crippen LogP contribution is 2.34. The summed E-state index contributed by atoms with van der Waals surface area (Å²) in [4.78, 5) is 11.6. The van der Waals surface area contributed by atoms with Crippen LogP contribution in [0.3, 0.4) is 0 Å². The Hall–Kier alpha value is -1.63. The van der Waals surface area contributed by atoms with Crippen molar-refractivity contribution in [1.29, 1.82) is 0 Å². The first-order valence-corrected chi connectivity index (χ1v) is 4.86. The normalized spacial score (nSPS) is 20.9. The maximum absolute atomic E-state index is 11.6. The molecule has 2 aliphatic carbocycles. The molecule has 0 spiro atoms. The van der Waals surface area contributed by atoms with Crippen molar-refractivity contribution >= 4 is 0 Å². The van der Waals surface area contributed by atoms with Gasteiger partial charge in [-0.25, -0.2) is 0 Å². The van der Waals surface area contributed by atoms with Gasteiger partial charge in [-0.15, -0.1) is 0 Å². The van der Waals surface area contributed by atoms with Crippen LogP contribution in [0.25, 0.3) is 0 Å². The van der Waals surface area contributed by atoms with E-state index >= 15 is 0 Å². The van der Waals surface area contributed by atoms with Gasteiger partial charge in [0.1, 0.15) is 0 Å². The van der Waals surface area contributed by atoms with Crippen LogP contribution in [0.15, 0.2) is 53.4 Å². The molecule has 0 aliphatic heterocycles. The van der Waals surface area contributed by atoms with E-state index in [-0.39, 0.29) is 17.3 Å². The van der Waals surface area contributed by atoms with E-state index in [1.165, 1.54) is 0 Å². The minimum Gasteiger partial charge on any atom is -0.289 e. The van der Waals surface area contributed by atoms with E-state index < -0.39 is 0 Å². The van der Waals surface area contributed by atoms with Crippen LogP contribution in [0.5, 0.6) is 0 Å². The van der Waals surface area contributed by atoms with Gasteiger partial charge in [-0.1, -0.05) is 48.6 Å². The molecule has 0 amide bonds. The molecular weight excluding hydrogens is 172 g/mol. The highest BCUT2D eigenvalue weighted by molar-refractivity contribution is 5.55. The Morgan fingerprint density at radius 3 is 1.43 bits per heavy atom. The standard InChI is InChI=1S/C13H10O/c14-13-11(9-5-1-2-6-9)12(13)10-7-3-4-8-10/h1-10H. The van der Waals surface area contributed by atoms with E-state index in [9.17, 15) is 4.79 Å². The number of allylic oxidation sites excluding steroid dienone is 8. The SMILES string of the molecule is O=c1c(C2C=CC=C2)c1C1C=CC=C1. The maximum atomic E-state index is 11.6. The third-order valence-electron chi connectivity index (χ3n) is 2.88. The molecule has 0 fully saturated rings. The van der Waals surface area contributed by atoms with E-state index in [2.05, 4.69) is 24.3 Å². The molecule has 1 heteroatoms. The first-order valence-electron chi connectivity index (χ1n) is 4.86. The van der Waals surface area contributed by atoms with Crippen LogP contribution in [0.1, 0.15) is 23.0 Å². The van der Waals surface area contributed by atoms with Crippen molar-refractivity contribution in [2.75, 3.05) is 0 Å². The Morgan fingerprint density at radius 2 is 1.07 bits per heavy atom. The molecule has 0 bridgehead atoms. The van der Waals surface area contributed by atoms with Crippen LogP contribution in [0.2, 0.25) is 0 Å². The van der Waals surface area contributed by atoms with Gasteiger partial charge in [0.05, 0.1) is 0 Å². The zero-order valence-electron chi connectivity index (χ0n) is 7.68. The van der Waals surface area contributed by atoms with Gasteiger partial charge in [0.15, 0.2) is 5.43 Å². The van der Waals surface area contributed by atoms with Gasteiger partial charge >= 0.3 is 0 Å². The fourth-order valence-corrected chi connectivity index (χ4v) is 2.11. The van der Waals surface area contributed by atoms with Crippen molar-refractivity contribution in [3.63, 3.8) is 0 Å². The summed E-state index contributed by atoms with van der Waals surface area (Å²) < 4.78 is 0. The van der Waals surface area contributed by atoms with Crippen molar-refractivity contribution in [2.24, 2.45) is 0 Å². The van der Waals surface area contributed by atoms with E-state index in [4.69, 9.17) is 0 Å². The Morgan fingerprint density at radius 1 is 0.714 bits per heavy atom. The zero-order valence-corrected chi connectivity index (χ0v) is 7.68. The third kappa shape index (κ3) is 0.987. The highest BCUT2D eigenvalue weighted by atomic mass is 16.1. The molecule has 0 aromatic heterocycles. The maximum Gasteiger partial charge on any atom is 0.187 e. The van der Waals surface area contributed by atoms with Crippen LogP contribution in [-0.4, -0.2) is 0 Å². The van der Waals surface area contributed by atoms with E-state index in [0.717, 1.165) is 11.1 Å². The van der Waals surface area contributed by atoms with Crippen LogP contribution < -0.4 is 5.43 Å². The zero-order chi connectivity index (χ0) is 9.54. The van der Waals surface area contributed by atoms with Crippen molar-refractivity contribution in [3.05, 3.63) is 70.0 Å². The lowest BCUT2D eigenvalue weighted by atomic mass is 10.0. The second-order valence-electron chi connectivity index (χ2n) is 3.75. The van der Waals surface area contributed by atoms with Gasteiger partial charge in [0.25, 0.3) is 0 Å². The molecule has 0 heterocycles. The van der Waals surface area contributed by atoms with Crippen LogP contribution in [0, 0.1) is 0 Å². The first-order chi connectivity index (χ1) is 6.88. The van der Waals surface area contributed by atoms with Crippen LogP contribution in [0.4, 0.5) is 0 Å². The Kier molecular flexibility index (Phi) is 1.48. The monoisotopic (exact) mass is 182 g/mol. The van der Waals surface area contributed by atoms with Crippen molar-refractivity contribution in [3.8, 4) is 0 Å². The predicted molar refractivity (Wildman–Crippen MR) is 57.1 cm³/mol. The average Bonchev–Trinajstić information content (AvgIpc) is 2.76. The molecular formula is C13H10O. The van der Waals surface area contributed by atoms with Crippen molar-refractivity contribution in [1.82, 2.24) is 0 Å². The number of hydrogen-bond donors (Lipinski definition) is 0. The second kappa shape index (κ2) is 2.68. The molecule has 1 aromatic carbocycles. The average molecular weight is 182 g/mol. The molecule has 1 aromatic rings. The Bertz CT molecular complexity index is 423. The molecule has 0 N–H and O–H groups in total. The Balaban J connectivity index is 1.91. The van der Waals surface area contributed by atoms with Gasteiger partial charge < -0.3 is 0 Å². The summed E-state index contributed by atoms with van der Waals surface area (Å²) in [6, 6.07) is 0. The topological polar surface area (TPSA) is 17.1 Å². The van der Waals surface area contributed by atoms with Gasteiger partial charge in [0, 0.05) is 23.0 Å². The summed E-state index contributed by atoms with van der Waals surface area (Å²) in [5, 5.41) is 0. The van der Waals surface area contributed by atoms with Crippen molar-refractivity contribution < 1.29 is 0 Å². The minimum atomic E-state index is 0.250. The fraction of sp³-hybridized carbons (Fsp3) is 0.154. The van der Waals surface area contributed by atoms with E-state index in [0.29, 0.717) is 0 Å². The lowest BCUT2D eigenvalue weighted by molar-refractivity contribution is 1.09. The number of hydrogen-bond acceptors (Lipinski definition) is 1. The minimum absolute atomic E-state index is 0.250. The van der Waals surface area contributed by atoms with Gasteiger partial charge in [-0.05, 0) is 0 Å².